The third-order valence-corrected chi connectivity index (χ3v) is 11.7. The van der Waals surface area contributed by atoms with Crippen molar-refractivity contribution in [1.29, 1.82) is 0 Å². The van der Waals surface area contributed by atoms with Crippen molar-refractivity contribution >= 4 is 23.2 Å². The number of allylic oxidation sites excluding steroid dienone is 4. The van der Waals surface area contributed by atoms with Gasteiger partial charge in [0.2, 0.25) is 11.7 Å². The molecular weight excluding hydrogens is 512 g/mol. The van der Waals surface area contributed by atoms with Crippen molar-refractivity contribution in [3.05, 3.63) is 23.8 Å². The summed E-state index contributed by atoms with van der Waals surface area (Å²) >= 11 is 7.71. The van der Waals surface area contributed by atoms with Gasteiger partial charge in [-0.15, -0.1) is 11.6 Å². The van der Waals surface area contributed by atoms with E-state index in [1.54, 1.807) is 0 Å². The average Bonchev–Trinajstić information content (AvgIpc) is 3.55. The summed E-state index contributed by atoms with van der Waals surface area (Å²) < 4.78 is 24.5. The van der Waals surface area contributed by atoms with Gasteiger partial charge < -0.3 is 34.2 Å². The number of hydrogen-bond acceptors (Lipinski definition) is 8. The molecule has 6 aliphatic rings. The number of oxime groups is 1. The van der Waals surface area contributed by atoms with Gasteiger partial charge in [0.05, 0.1) is 17.5 Å². The minimum atomic E-state index is -0.957. The van der Waals surface area contributed by atoms with Crippen LogP contribution in [0.3, 0.4) is 0 Å². The van der Waals surface area contributed by atoms with E-state index in [9.17, 15) is 9.90 Å². The van der Waals surface area contributed by atoms with Crippen LogP contribution in [-0.4, -0.2) is 72.4 Å². The number of carbonyl (C=O) groups excluding carboxylic acids is 1. The molecule has 9 atom stereocenters. The maximum atomic E-state index is 12.0. The van der Waals surface area contributed by atoms with Crippen LogP contribution in [0.15, 0.2) is 29.0 Å². The molecule has 9 nitrogen and oxygen atoms in total. The Morgan fingerprint density at radius 2 is 2.05 bits per heavy atom. The lowest BCUT2D eigenvalue weighted by atomic mass is 9.45. The number of amides is 1. The molecular formula is C28H39ClN2O7. The van der Waals surface area contributed by atoms with E-state index in [4.69, 9.17) is 35.4 Å². The molecule has 3 saturated carbocycles. The molecule has 2 saturated heterocycles. The minimum Gasteiger partial charge on any atom is -0.393 e. The SMILES string of the molecule is CC(=O)NCCO/N=C1/C=C[C@@]2(C)C(=C1)CC[C@H]1[C@@H]3C[C@H](C)[C@@]4(OCOC45COCO5)[C@@]3(C)C[C@H](O)[C@@]12Cl. The molecule has 210 valence electrons. The summed E-state index contributed by atoms with van der Waals surface area (Å²) in [6, 6.07) is 0. The zero-order valence-corrected chi connectivity index (χ0v) is 23.4. The van der Waals surface area contributed by atoms with Crippen molar-refractivity contribution in [2.45, 2.75) is 75.7 Å². The number of aliphatic hydroxyl groups is 1. The third-order valence-electron chi connectivity index (χ3n) is 10.7. The number of nitrogens with one attached hydrogen (secondary N) is 1. The molecule has 2 N–H and O–H groups in total. The fraction of sp³-hybridized carbons (Fsp3) is 0.786. The van der Waals surface area contributed by atoms with E-state index in [2.05, 4.69) is 37.3 Å². The predicted octanol–water partition coefficient (Wildman–Crippen LogP) is 3.26. The summed E-state index contributed by atoms with van der Waals surface area (Å²) in [6.07, 6.45) is 8.43. The zero-order chi connectivity index (χ0) is 27.0. The Morgan fingerprint density at radius 3 is 2.79 bits per heavy atom. The Morgan fingerprint density at radius 1 is 1.26 bits per heavy atom. The van der Waals surface area contributed by atoms with Crippen LogP contribution < -0.4 is 5.32 Å². The van der Waals surface area contributed by atoms with E-state index in [0.29, 0.717) is 31.9 Å². The van der Waals surface area contributed by atoms with Crippen molar-refractivity contribution in [1.82, 2.24) is 5.32 Å². The highest BCUT2D eigenvalue weighted by molar-refractivity contribution is 6.26. The summed E-state index contributed by atoms with van der Waals surface area (Å²) in [4.78, 5) is 15.6. The van der Waals surface area contributed by atoms with E-state index in [-0.39, 0.29) is 37.2 Å². The molecule has 38 heavy (non-hydrogen) atoms. The van der Waals surface area contributed by atoms with Crippen molar-refractivity contribution < 1.29 is 33.7 Å². The molecule has 0 aromatic heterocycles. The largest absolute Gasteiger partial charge is 0.393 e. The topological polar surface area (TPSA) is 108 Å². The smallest absolute Gasteiger partial charge is 0.227 e. The van der Waals surface area contributed by atoms with Crippen LogP contribution in [0.25, 0.3) is 0 Å². The Labute approximate surface area is 228 Å². The quantitative estimate of drug-likeness (QED) is 0.314. The molecule has 10 heteroatoms. The standard InChI is InChI=1S/C28H39ClN2O7/c1-17-11-22-21-6-5-19-12-20(31-38-10-9-30-18(2)32)7-8-24(19,3)27(21,29)23(33)13-25(22,4)28(17)26(36-16-37-28)14-34-15-35-26/h7-8,12,17,21-23,33H,5-6,9-11,13-16H2,1-4H3,(H,30,32)/b31-20-/t17-,21-,22-,23-,24-,25-,26?,27-,28+/m0/s1. The van der Waals surface area contributed by atoms with Crippen LogP contribution in [0.4, 0.5) is 0 Å². The first kappa shape index (κ1) is 26.7. The summed E-state index contributed by atoms with van der Waals surface area (Å²) in [5.41, 5.74) is 0.213. The number of rotatable bonds is 4. The van der Waals surface area contributed by atoms with E-state index in [0.717, 1.165) is 24.8 Å². The van der Waals surface area contributed by atoms with Gasteiger partial charge in [-0.1, -0.05) is 37.6 Å². The van der Waals surface area contributed by atoms with Gasteiger partial charge in [-0.25, -0.2) is 0 Å². The van der Waals surface area contributed by atoms with Crippen LogP contribution in [-0.2, 0) is 28.6 Å². The number of ether oxygens (including phenoxy) is 4. The van der Waals surface area contributed by atoms with E-state index in [1.165, 1.54) is 6.92 Å². The molecule has 1 amide bonds. The number of halogens is 1. The Kier molecular flexibility index (Phi) is 6.34. The molecule has 5 fully saturated rings. The Balaban J connectivity index is 1.30. The Bertz CT molecular complexity index is 1080. The lowest BCUT2D eigenvalue weighted by Gasteiger charge is -2.64. The van der Waals surface area contributed by atoms with Crippen molar-refractivity contribution in [3.8, 4) is 0 Å². The molecule has 0 aromatic carbocycles. The number of aliphatic hydroxyl groups excluding tert-OH is 1. The second-order valence-electron chi connectivity index (χ2n) is 12.3. The van der Waals surface area contributed by atoms with Crippen LogP contribution in [0.5, 0.6) is 0 Å². The van der Waals surface area contributed by atoms with E-state index in [1.807, 2.05) is 12.2 Å². The molecule has 0 bridgehead atoms. The van der Waals surface area contributed by atoms with Gasteiger partial charge in [-0.05, 0) is 55.6 Å². The number of hydrogen-bond donors (Lipinski definition) is 2. The minimum absolute atomic E-state index is 0.0718. The van der Waals surface area contributed by atoms with Crippen LogP contribution in [0.2, 0.25) is 0 Å². The van der Waals surface area contributed by atoms with E-state index >= 15 is 0 Å². The van der Waals surface area contributed by atoms with Gasteiger partial charge in [-0.3, -0.25) is 4.79 Å². The Hall–Kier alpha value is -1.49. The third kappa shape index (κ3) is 3.29. The highest BCUT2D eigenvalue weighted by atomic mass is 35.5. The lowest BCUT2D eigenvalue weighted by Crippen LogP contribution is -2.71. The first-order chi connectivity index (χ1) is 18.0. The molecule has 2 heterocycles. The van der Waals surface area contributed by atoms with Crippen LogP contribution in [0.1, 0.15) is 53.4 Å². The van der Waals surface area contributed by atoms with Crippen LogP contribution >= 0.6 is 11.6 Å². The second-order valence-corrected chi connectivity index (χ2v) is 13.0. The van der Waals surface area contributed by atoms with Gasteiger partial charge in [0.1, 0.15) is 24.5 Å². The first-order valence-corrected chi connectivity index (χ1v) is 14.1. The van der Waals surface area contributed by atoms with Crippen molar-refractivity contribution in [2.24, 2.45) is 33.7 Å². The maximum absolute atomic E-state index is 12.0. The van der Waals surface area contributed by atoms with Crippen molar-refractivity contribution in [3.63, 3.8) is 0 Å². The number of nitrogens with zero attached hydrogens (tertiary/aromatic N) is 1. The predicted molar refractivity (Wildman–Crippen MR) is 139 cm³/mol. The molecule has 0 radical (unpaired) electrons. The first-order valence-electron chi connectivity index (χ1n) is 13.8. The second kappa shape index (κ2) is 9.01. The fourth-order valence-corrected chi connectivity index (χ4v) is 9.72. The molecule has 6 rings (SSSR count). The lowest BCUT2D eigenvalue weighted by molar-refractivity contribution is -0.264. The molecule has 2 spiro atoms. The number of carbonyl (C=O) groups is 1. The summed E-state index contributed by atoms with van der Waals surface area (Å²) in [7, 11) is 0. The van der Waals surface area contributed by atoms with Gasteiger partial charge in [0.15, 0.2) is 13.6 Å². The number of fused-ring (bicyclic) bond motifs is 7. The van der Waals surface area contributed by atoms with Gasteiger partial charge >= 0.3 is 0 Å². The van der Waals surface area contributed by atoms with Crippen molar-refractivity contribution in [2.75, 3.05) is 33.3 Å². The molecule has 1 unspecified atom stereocenters. The average molecular weight is 551 g/mol. The summed E-state index contributed by atoms with van der Waals surface area (Å²) in [5, 5.41) is 18.9. The normalized spacial score (nSPS) is 50.2. The summed E-state index contributed by atoms with van der Waals surface area (Å²) in [5.74, 6) is -0.616. The molecule has 0 aromatic rings. The highest BCUT2D eigenvalue weighted by Gasteiger charge is 2.81. The highest BCUT2D eigenvalue weighted by Crippen LogP contribution is 2.74. The number of alkyl halides is 1. The fourth-order valence-electron chi connectivity index (χ4n) is 9.20. The maximum Gasteiger partial charge on any atom is 0.227 e. The zero-order valence-electron chi connectivity index (χ0n) is 22.6. The van der Waals surface area contributed by atoms with Gasteiger partial charge in [0.25, 0.3) is 0 Å². The summed E-state index contributed by atoms with van der Waals surface area (Å²) in [6.45, 7) is 9.43. The van der Waals surface area contributed by atoms with E-state index < -0.39 is 33.2 Å². The van der Waals surface area contributed by atoms with Gasteiger partial charge in [-0.2, -0.15) is 0 Å². The van der Waals surface area contributed by atoms with Crippen LogP contribution in [0, 0.1) is 28.6 Å². The monoisotopic (exact) mass is 550 g/mol. The van der Waals surface area contributed by atoms with Gasteiger partial charge in [0, 0.05) is 17.8 Å². The molecule has 4 aliphatic carbocycles. The molecule has 2 aliphatic heterocycles.